The number of nitrogens with one attached hydrogen (secondary N) is 1. The molecule has 8 heteroatoms. The van der Waals surface area contributed by atoms with Crippen LogP contribution < -0.4 is 5.32 Å². The number of aliphatic hydroxyl groups is 2. The first-order valence-corrected chi connectivity index (χ1v) is 5.32. The Morgan fingerprint density at radius 3 is 2.68 bits per heavy atom. The van der Waals surface area contributed by atoms with E-state index in [4.69, 9.17) is 5.11 Å². The highest BCUT2D eigenvalue weighted by molar-refractivity contribution is 5.94. The van der Waals surface area contributed by atoms with Gasteiger partial charge in [0.1, 0.15) is 5.60 Å². The normalized spacial score (nSPS) is 13.7. The van der Waals surface area contributed by atoms with E-state index in [2.05, 4.69) is 5.32 Å². The number of nitro benzene ring substituents is 1. The van der Waals surface area contributed by atoms with Gasteiger partial charge >= 0.3 is 5.69 Å². The molecule has 0 spiro atoms. The molecule has 1 unspecified atom stereocenters. The van der Waals surface area contributed by atoms with Crippen LogP contribution in [0.2, 0.25) is 0 Å². The van der Waals surface area contributed by atoms with Crippen LogP contribution in [0, 0.1) is 15.9 Å². The van der Waals surface area contributed by atoms with Crippen LogP contribution in [0.5, 0.6) is 0 Å². The zero-order valence-corrected chi connectivity index (χ0v) is 10.1. The van der Waals surface area contributed by atoms with Gasteiger partial charge in [0.15, 0.2) is 0 Å². The molecule has 0 heterocycles. The lowest BCUT2D eigenvalue weighted by atomic mass is 10.1. The maximum atomic E-state index is 13.3. The summed E-state index contributed by atoms with van der Waals surface area (Å²) >= 11 is 0. The molecule has 0 fully saturated rings. The molecular weight excluding hydrogens is 259 g/mol. The van der Waals surface area contributed by atoms with Gasteiger partial charge in [0, 0.05) is 18.2 Å². The minimum absolute atomic E-state index is 0.114. The second-order valence-electron chi connectivity index (χ2n) is 4.26. The highest BCUT2D eigenvalue weighted by Crippen LogP contribution is 2.17. The number of halogens is 1. The summed E-state index contributed by atoms with van der Waals surface area (Å²) in [6.07, 6.45) is 0. The summed E-state index contributed by atoms with van der Waals surface area (Å²) in [7, 11) is 0. The van der Waals surface area contributed by atoms with Crippen LogP contribution in [-0.2, 0) is 0 Å². The van der Waals surface area contributed by atoms with E-state index in [9.17, 15) is 24.4 Å². The lowest BCUT2D eigenvalue weighted by Gasteiger charge is -2.20. The molecular formula is C11H13FN2O5. The molecule has 0 aromatic heterocycles. The quantitative estimate of drug-likeness (QED) is 0.523. The first-order valence-electron chi connectivity index (χ1n) is 5.32. The lowest BCUT2D eigenvalue weighted by Crippen LogP contribution is -2.43. The topological polar surface area (TPSA) is 113 Å². The molecule has 1 rings (SSSR count). The Morgan fingerprint density at radius 1 is 1.58 bits per heavy atom. The molecule has 0 aliphatic heterocycles. The number of hydrogen-bond donors (Lipinski definition) is 3. The molecule has 1 aromatic carbocycles. The summed E-state index contributed by atoms with van der Waals surface area (Å²) in [6.45, 7) is 0.520. The van der Waals surface area contributed by atoms with Gasteiger partial charge in [0.2, 0.25) is 5.82 Å². The number of carbonyl (C=O) groups is 1. The van der Waals surface area contributed by atoms with Crippen LogP contribution in [0.15, 0.2) is 18.2 Å². The molecule has 1 amide bonds. The molecule has 7 nitrogen and oxygen atoms in total. The number of aliphatic hydroxyl groups excluding tert-OH is 1. The molecule has 1 aromatic rings. The maximum absolute atomic E-state index is 13.3. The number of benzene rings is 1. The van der Waals surface area contributed by atoms with Gasteiger partial charge in [0.05, 0.1) is 11.5 Å². The van der Waals surface area contributed by atoms with E-state index in [-0.39, 0.29) is 12.1 Å². The average Bonchev–Trinajstić information content (AvgIpc) is 2.35. The van der Waals surface area contributed by atoms with Crippen molar-refractivity contribution in [1.82, 2.24) is 5.32 Å². The van der Waals surface area contributed by atoms with E-state index in [1.807, 2.05) is 0 Å². The number of amides is 1. The second kappa shape index (κ2) is 5.72. The third-order valence-corrected chi connectivity index (χ3v) is 2.38. The van der Waals surface area contributed by atoms with Crippen LogP contribution in [-0.4, -0.2) is 39.8 Å². The van der Waals surface area contributed by atoms with Crippen molar-refractivity contribution in [3.63, 3.8) is 0 Å². The van der Waals surface area contributed by atoms with Crippen molar-refractivity contribution in [1.29, 1.82) is 0 Å². The number of nitro groups is 1. The standard InChI is InChI=1S/C11H13FN2O5/c1-11(17,6-15)5-13-10(16)7-2-3-9(14(18)19)8(12)4-7/h2-4,15,17H,5-6H2,1H3,(H,13,16). The summed E-state index contributed by atoms with van der Waals surface area (Å²) in [6, 6.07) is 2.72. The fourth-order valence-electron chi connectivity index (χ4n) is 1.22. The third-order valence-electron chi connectivity index (χ3n) is 2.38. The van der Waals surface area contributed by atoms with E-state index in [0.717, 1.165) is 18.2 Å². The fourth-order valence-corrected chi connectivity index (χ4v) is 1.22. The molecule has 0 aliphatic rings. The van der Waals surface area contributed by atoms with Crippen molar-refractivity contribution in [2.45, 2.75) is 12.5 Å². The molecule has 3 N–H and O–H groups in total. The third kappa shape index (κ3) is 3.97. The molecule has 1 atom stereocenters. The summed E-state index contributed by atoms with van der Waals surface area (Å²) in [4.78, 5) is 21.1. The maximum Gasteiger partial charge on any atom is 0.304 e. The minimum Gasteiger partial charge on any atom is -0.393 e. The summed E-state index contributed by atoms with van der Waals surface area (Å²) in [5.74, 6) is -1.82. The fraction of sp³-hybridized carbons (Fsp3) is 0.364. The Kier molecular flexibility index (Phi) is 4.52. The predicted octanol–water partition coefficient (Wildman–Crippen LogP) is 0.207. The van der Waals surface area contributed by atoms with Crippen molar-refractivity contribution in [2.75, 3.05) is 13.2 Å². The lowest BCUT2D eigenvalue weighted by molar-refractivity contribution is -0.387. The van der Waals surface area contributed by atoms with Gasteiger partial charge in [-0.25, -0.2) is 0 Å². The average molecular weight is 272 g/mol. The van der Waals surface area contributed by atoms with Crippen LogP contribution in [0.4, 0.5) is 10.1 Å². The van der Waals surface area contributed by atoms with E-state index >= 15 is 0 Å². The number of nitrogens with zero attached hydrogens (tertiary/aromatic N) is 1. The van der Waals surface area contributed by atoms with Gasteiger partial charge in [-0.1, -0.05) is 0 Å². The van der Waals surface area contributed by atoms with Crippen LogP contribution in [0.25, 0.3) is 0 Å². The first-order chi connectivity index (χ1) is 8.76. The smallest absolute Gasteiger partial charge is 0.304 e. The Labute approximate surface area is 107 Å². The molecule has 104 valence electrons. The van der Waals surface area contributed by atoms with Gasteiger partial charge in [-0.2, -0.15) is 4.39 Å². The summed E-state index contributed by atoms with van der Waals surface area (Å²) < 4.78 is 13.3. The Bertz CT molecular complexity index is 504. The van der Waals surface area contributed by atoms with Crippen LogP contribution in [0.3, 0.4) is 0 Å². The predicted molar refractivity (Wildman–Crippen MR) is 63.1 cm³/mol. The van der Waals surface area contributed by atoms with Gasteiger partial charge < -0.3 is 15.5 Å². The highest BCUT2D eigenvalue weighted by Gasteiger charge is 2.21. The van der Waals surface area contributed by atoms with Crippen molar-refractivity contribution in [2.24, 2.45) is 0 Å². The largest absolute Gasteiger partial charge is 0.393 e. The molecule has 19 heavy (non-hydrogen) atoms. The molecule has 0 saturated heterocycles. The van der Waals surface area contributed by atoms with Crippen molar-refractivity contribution >= 4 is 11.6 Å². The van der Waals surface area contributed by atoms with Gasteiger partial charge in [-0.05, 0) is 19.1 Å². The zero-order valence-electron chi connectivity index (χ0n) is 10.1. The van der Waals surface area contributed by atoms with Crippen molar-refractivity contribution in [3.05, 3.63) is 39.7 Å². The molecule has 0 aliphatic carbocycles. The number of carbonyl (C=O) groups excluding carboxylic acids is 1. The van der Waals surface area contributed by atoms with Crippen LogP contribution >= 0.6 is 0 Å². The summed E-state index contributed by atoms with van der Waals surface area (Å²) in [5, 5.41) is 30.9. The van der Waals surface area contributed by atoms with Gasteiger partial charge in [-0.15, -0.1) is 0 Å². The van der Waals surface area contributed by atoms with E-state index in [0.29, 0.717) is 0 Å². The van der Waals surface area contributed by atoms with Crippen molar-refractivity contribution in [3.8, 4) is 0 Å². The zero-order chi connectivity index (χ0) is 14.6. The summed E-state index contributed by atoms with van der Waals surface area (Å²) in [5.41, 5.74) is -2.33. The molecule has 0 saturated carbocycles. The van der Waals surface area contributed by atoms with Gasteiger partial charge in [0.25, 0.3) is 5.91 Å². The Morgan fingerprint density at radius 2 is 2.21 bits per heavy atom. The van der Waals surface area contributed by atoms with Crippen LogP contribution in [0.1, 0.15) is 17.3 Å². The second-order valence-corrected chi connectivity index (χ2v) is 4.26. The number of hydrogen-bond acceptors (Lipinski definition) is 5. The van der Waals surface area contributed by atoms with Gasteiger partial charge in [-0.3, -0.25) is 14.9 Å². The monoisotopic (exact) mass is 272 g/mol. The molecule has 0 bridgehead atoms. The van der Waals surface area contributed by atoms with E-state index in [1.54, 1.807) is 0 Å². The van der Waals surface area contributed by atoms with Crippen molar-refractivity contribution < 1.29 is 24.3 Å². The minimum atomic E-state index is -1.49. The van der Waals surface area contributed by atoms with E-state index < -0.39 is 34.5 Å². The highest BCUT2D eigenvalue weighted by atomic mass is 19.1. The van der Waals surface area contributed by atoms with E-state index in [1.165, 1.54) is 6.92 Å². The Balaban J connectivity index is 2.79. The molecule has 0 radical (unpaired) electrons. The SMILES string of the molecule is CC(O)(CO)CNC(=O)c1ccc([N+](=O)[O-])c(F)c1. The first kappa shape index (κ1) is 15.0. The Hall–Kier alpha value is -2.06. The number of rotatable bonds is 5.